The molecular weight excluding hydrogens is 156 g/mol. The van der Waals surface area contributed by atoms with Crippen molar-refractivity contribution in [3.05, 3.63) is 0 Å². The van der Waals surface area contributed by atoms with Gasteiger partial charge < -0.3 is 14.6 Å². The highest BCUT2D eigenvalue weighted by molar-refractivity contribution is 4.95. The summed E-state index contributed by atoms with van der Waals surface area (Å²) >= 11 is 0. The van der Waals surface area contributed by atoms with E-state index >= 15 is 0 Å². The van der Waals surface area contributed by atoms with E-state index in [1.807, 2.05) is 13.8 Å². The Balaban J connectivity index is 1.91. The van der Waals surface area contributed by atoms with Crippen LogP contribution < -0.4 is 0 Å². The van der Waals surface area contributed by atoms with E-state index in [0.29, 0.717) is 0 Å². The van der Waals surface area contributed by atoms with Crippen molar-refractivity contribution >= 4 is 0 Å². The minimum Gasteiger partial charge on any atom is -0.393 e. The predicted molar refractivity (Wildman–Crippen MR) is 43.7 cm³/mol. The molecule has 3 nitrogen and oxygen atoms in total. The van der Waals surface area contributed by atoms with Crippen molar-refractivity contribution in [2.24, 2.45) is 5.41 Å². The van der Waals surface area contributed by atoms with Crippen molar-refractivity contribution in [2.45, 2.75) is 38.6 Å². The first-order chi connectivity index (χ1) is 5.52. The molecule has 0 aromatic rings. The van der Waals surface area contributed by atoms with Gasteiger partial charge in [-0.25, -0.2) is 0 Å². The van der Waals surface area contributed by atoms with Crippen LogP contribution in [0.25, 0.3) is 0 Å². The Labute approximate surface area is 72.7 Å². The van der Waals surface area contributed by atoms with Gasteiger partial charge in [0, 0.05) is 5.41 Å². The zero-order valence-electron chi connectivity index (χ0n) is 7.67. The predicted octanol–water partition coefficient (Wildman–Crippen LogP) is 0.910. The first kappa shape index (κ1) is 8.48. The Morgan fingerprint density at radius 2 is 1.67 bits per heavy atom. The number of aliphatic hydroxyl groups excluding tert-OH is 1. The number of hydrogen-bond acceptors (Lipinski definition) is 3. The lowest BCUT2D eigenvalue weighted by Crippen LogP contribution is -2.54. The van der Waals surface area contributed by atoms with Crippen LogP contribution in [-0.2, 0) is 9.47 Å². The Morgan fingerprint density at radius 1 is 1.17 bits per heavy atom. The summed E-state index contributed by atoms with van der Waals surface area (Å²) in [6.07, 6.45) is 1.55. The highest BCUT2D eigenvalue weighted by atomic mass is 16.7. The van der Waals surface area contributed by atoms with E-state index in [4.69, 9.17) is 9.47 Å². The minimum absolute atomic E-state index is 0.126. The molecule has 1 N–H and O–H groups in total. The van der Waals surface area contributed by atoms with E-state index in [-0.39, 0.29) is 11.5 Å². The van der Waals surface area contributed by atoms with Gasteiger partial charge in [-0.2, -0.15) is 0 Å². The Bertz CT molecular complexity index is 170. The van der Waals surface area contributed by atoms with Crippen molar-refractivity contribution in [3.8, 4) is 0 Å². The standard InChI is InChI=1S/C9H16O3/c1-8(2)11-5-9(6-12-8)3-7(10)4-9/h7,10H,3-6H2,1-2H3. The first-order valence-electron chi connectivity index (χ1n) is 4.47. The maximum Gasteiger partial charge on any atom is 0.162 e. The van der Waals surface area contributed by atoms with Crippen LogP contribution in [0.5, 0.6) is 0 Å². The third-order valence-electron chi connectivity index (χ3n) is 2.79. The molecule has 0 aromatic carbocycles. The molecule has 0 amide bonds. The summed E-state index contributed by atoms with van der Waals surface area (Å²) in [5, 5.41) is 9.18. The molecule has 0 radical (unpaired) electrons. The molecule has 2 rings (SSSR count). The Morgan fingerprint density at radius 3 is 2.08 bits per heavy atom. The fourth-order valence-electron chi connectivity index (χ4n) is 1.91. The molecule has 12 heavy (non-hydrogen) atoms. The fraction of sp³-hybridized carbons (Fsp3) is 1.00. The second-order valence-electron chi connectivity index (χ2n) is 4.54. The fourth-order valence-corrected chi connectivity index (χ4v) is 1.91. The Kier molecular flexibility index (Phi) is 1.72. The summed E-state index contributed by atoms with van der Waals surface area (Å²) in [5.74, 6) is -0.425. The molecule has 0 aromatic heterocycles. The largest absolute Gasteiger partial charge is 0.393 e. The lowest BCUT2D eigenvalue weighted by molar-refractivity contribution is -0.307. The van der Waals surface area contributed by atoms with E-state index < -0.39 is 5.79 Å². The van der Waals surface area contributed by atoms with E-state index in [0.717, 1.165) is 26.1 Å². The average Bonchev–Trinajstić information content (AvgIpc) is 1.92. The van der Waals surface area contributed by atoms with Gasteiger partial charge in [0.05, 0.1) is 19.3 Å². The van der Waals surface area contributed by atoms with Crippen molar-refractivity contribution in [2.75, 3.05) is 13.2 Å². The van der Waals surface area contributed by atoms with Crippen LogP contribution >= 0.6 is 0 Å². The molecule has 0 unspecified atom stereocenters. The van der Waals surface area contributed by atoms with Gasteiger partial charge in [0.2, 0.25) is 0 Å². The van der Waals surface area contributed by atoms with Crippen LogP contribution in [0.3, 0.4) is 0 Å². The summed E-state index contributed by atoms with van der Waals surface area (Å²) in [5.41, 5.74) is 0.134. The van der Waals surface area contributed by atoms with Crippen molar-refractivity contribution in [3.63, 3.8) is 0 Å². The number of aliphatic hydroxyl groups is 1. The minimum atomic E-state index is -0.425. The van der Waals surface area contributed by atoms with Crippen LogP contribution in [0, 0.1) is 5.41 Å². The maximum absolute atomic E-state index is 9.18. The molecule has 1 aliphatic carbocycles. The maximum atomic E-state index is 9.18. The molecule has 0 bridgehead atoms. The Hall–Kier alpha value is -0.120. The summed E-state index contributed by atoms with van der Waals surface area (Å²) < 4.78 is 11.1. The van der Waals surface area contributed by atoms with E-state index in [1.54, 1.807) is 0 Å². The topological polar surface area (TPSA) is 38.7 Å². The first-order valence-corrected chi connectivity index (χ1v) is 4.47. The molecule has 1 spiro atoms. The number of rotatable bonds is 0. The lowest BCUT2D eigenvalue weighted by atomic mass is 9.67. The second-order valence-corrected chi connectivity index (χ2v) is 4.54. The third kappa shape index (κ3) is 1.37. The highest BCUT2D eigenvalue weighted by Gasteiger charge is 2.48. The smallest absolute Gasteiger partial charge is 0.162 e. The molecule has 1 saturated carbocycles. The highest BCUT2D eigenvalue weighted by Crippen LogP contribution is 2.45. The van der Waals surface area contributed by atoms with Crippen LogP contribution in [-0.4, -0.2) is 30.2 Å². The van der Waals surface area contributed by atoms with Crippen molar-refractivity contribution in [1.82, 2.24) is 0 Å². The molecule has 2 aliphatic rings. The lowest BCUT2D eigenvalue weighted by Gasteiger charge is -2.50. The quantitative estimate of drug-likeness (QED) is 0.590. The van der Waals surface area contributed by atoms with Crippen molar-refractivity contribution < 1.29 is 14.6 Å². The number of ether oxygens (including phenoxy) is 2. The van der Waals surface area contributed by atoms with Gasteiger partial charge in [-0.05, 0) is 26.7 Å². The van der Waals surface area contributed by atoms with Gasteiger partial charge in [0.1, 0.15) is 0 Å². The van der Waals surface area contributed by atoms with Crippen LogP contribution in [0.4, 0.5) is 0 Å². The molecule has 1 saturated heterocycles. The van der Waals surface area contributed by atoms with Gasteiger partial charge in [-0.3, -0.25) is 0 Å². The van der Waals surface area contributed by atoms with Gasteiger partial charge in [0.15, 0.2) is 5.79 Å². The summed E-state index contributed by atoms with van der Waals surface area (Å²) in [4.78, 5) is 0. The second kappa shape index (κ2) is 2.44. The molecule has 1 aliphatic heterocycles. The van der Waals surface area contributed by atoms with Gasteiger partial charge in [-0.1, -0.05) is 0 Å². The molecule has 0 atom stereocenters. The van der Waals surface area contributed by atoms with E-state index in [2.05, 4.69) is 0 Å². The van der Waals surface area contributed by atoms with Gasteiger partial charge in [-0.15, -0.1) is 0 Å². The van der Waals surface area contributed by atoms with Gasteiger partial charge >= 0.3 is 0 Å². The van der Waals surface area contributed by atoms with Gasteiger partial charge in [0.25, 0.3) is 0 Å². The third-order valence-corrected chi connectivity index (χ3v) is 2.79. The summed E-state index contributed by atoms with van der Waals surface area (Å²) in [7, 11) is 0. The molecule has 1 heterocycles. The monoisotopic (exact) mass is 172 g/mol. The molecule has 3 heteroatoms. The van der Waals surface area contributed by atoms with Crippen LogP contribution in [0.15, 0.2) is 0 Å². The van der Waals surface area contributed by atoms with Crippen molar-refractivity contribution in [1.29, 1.82) is 0 Å². The zero-order chi connectivity index (χ0) is 8.82. The van der Waals surface area contributed by atoms with E-state index in [1.165, 1.54) is 0 Å². The van der Waals surface area contributed by atoms with Crippen LogP contribution in [0.1, 0.15) is 26.7 Å². The zero-order valence-corrected chi connectivity index (χ0v) is 7.67. The average molecular weight is 172 g/mol. The molecule has 70 valence electrons. The normalized spacial score (nSPS) is 33.2. The summed E-state index contributed by atoms with van der Waals surface area (Å²) in [6.45, 7) is 5.32. The van der Waals surface area contributed by atoms with Crippen LogP contribution in [0.2, 0.25) is 0 Å². The molecule has 2 fully saturated rings. The SMILES string of the molecule is CC1(C)OCC2(CO1)CC(O)C2. The molecular formula is C9H16O3. The summed E-state index contributed by atoms with van der Waals surface area (Å²) in [6, 6.07) is 0. The number of hydrogen-bond donors (Lipinski definition) is 1. The van der Waals surface area contributed by atoms with E-state index in [9.17, 15) is 5.11 Å².